The van der Waals surface area contributed by atoms with Gasteiger partial charge in [0.1, 0.15) is 11.5 Å². The summed E-state index contributed by atoms with van der Waals surface area (Å²) in [5, 5.41) is 9.26. The van der Waals surface area contributed by atoms with Crippen LogP contribution in [0.15, 0.2) is 47.5 Å². The van der Waals surface area contributed by atoms with E-state index in [1.807, 2.05) is 47.4 Å². The maximum absolute atomic E-state index is 12.9. The molecule has 0 aliphatic carbocycles. The number of fused-ring (bicyclic) bond motifs is 1. The van der Waals surface area contributed by atoms with Gasteiger partial charge in [-0.2, -0.15) is 0 Å². The van der Waals surface area contributed by atoms with Crippen LogP contribution in [0.3, 0.4) is 0 Å². The summed E-state index contributed by atoms with van der Waals surface area (Å²) < 4.78 is 5.20. The molecule has 0 atom stereocenters. The molecule has 2 aromatic rings. The molecule has 1 amide bonds. The van der Waals surface area contributed by atoms with E-state index in [-0.39, 0.29) is 12.5 Å². The van der Waals surface area contributed by atoms with Gasteiger partial charge in [0.25, 0.3) is 5.91 Å². The molecule has 4 rings (SSSR count). The monoisotopic (exact) mass is 365 g/mol. The zero-order chi connectivity index (χ0) is 18.8. The second-order valence-corrected chi connectivity index (χ2v) is 6.83. The number of aliphatic imine (C=N–C) groups is 1. The molecule has 0 aromatic heterocycles. The summed E-state index contributed by atoms with van der Waals surface area (Å²) in [4.78, 5) is 21.5. The first-order valence-electron chi connectivity index (χ1n) is 9.16. The highest BCUT2D eigenvalue weighted by Gasteiger charge is 2.28. The molecule has 140 valence electrons. The van der Waals surface area contributed by atoms with Gasteiger partial charge >= 0.3 is 0 Å². The van der Waals surface area contributed by atoms with E-state index < -0.39 is 0 Å². The molecule has 0 spiro atoms. The number of benzene rings is 2. The SMILES string of the molecule is COc1ccc(N2CCN(C(=O)C3=Nc4cc(CO)ccc4C3)CC2)cc1. The minimum Gasteiger partial charge on any atom is -0.497 e. The highest BCUT2D eigenvalue weighted by atomic mass is 16.5. The lowest BCUT2D eigenvalue weighted by atomic mass is 10.1. The van der Waals surface area contributed by atoms with Crippen molar-refractivity contribution >= 4 is 23.0 Å². The lowest BCUT2D eigenvalue weighted by Crippen LogP contribution is -2.50. The number of aliphatic hydroxyl groups excluding tert-OH is 1. The van der Waals surface area contributed by atoms with Gasteiger partial charge in [-0.1, -0.05) is 12.1 Å². The predicted molar refractivity (Wildman–Crippen MR) is 105 cm³/mol. The largest absolute Gasteiger partial charge is 0.497 e. The number of carbonyl (C=O) groups is 1. The van der Waals surface area contributed by atoms with Crippen molar-refractivity contribution in [1.82, 2.24) is 4.90 Å². The van der Waals surface area contributed by atoms with E-state index in [0.717, 1.165) is 41.3 Å². The van der Waals surface area contributed by atoms with Gasteiger partial charge < -0.3 is 19.6 Å². The number of piperazine rings is 1. The number of carbonyl (C=O) groups excluding carboxylic acids is 1. The van der Waals surface area contributed by atoms with Crippen molar-refractivity contribution in [2.75, 3.05) is 38.2 Å². The Kier molecular flexibility index (Phi) is 4.81. The van der Waals surface area contributed by atoms with Crippen molar-refractivity contribution in [3.05, 3.63) is 53.6 Å². The third-order valence-corrected chi connectivity index (χ3v) is 5.20. The van der Waals surface area contributed by atoms with E-state index in [1.165, 1.54) is 0 Å². The normalized spacial score (nSPS) is 16.1. The Balaban J connectivity index is 1.39. The lowest BCUT2D eigenvalue weighted by Gasteiger charge is -2.36. The topological polar surface area (TPSA) is 65.4 Å². The quantitative estimate of drug-likeness (QED) is 0.902. The van der Waals surface area contributed by atoms with Crippen LogP contribution in [0, 0.1) is 0 Å². The fraction of sp³-hybridized carbons (Fsp3) is 0.333. The van der Waals surface area contributed by atoms with Crippen LogP contribution in [-0.2, 0) is 17.8 Å². The molecule has 2 aromatic carbocycles. The standard InChI is InChI=1S/C21H23N3O3/c1-27-18-6-4-17(5-7-18)23-8-10-24(11-9-23)21(26)20-13-16-3-2-15(14-25)12-19(16)22-20/h2-7,12,25H,8-11,13-14H2,1H3. The number of anilines is 1. The second-order valence-electron chi connectivity index (χ2n) is 6.83. The maximum Gasteiger partial charge on any atom is 0.268 e. The van der Waals surface area contributed by atoms with Gasteiger partial charge in [-0.05, 0) is 41.5 Å². The highest BCUT2D eigenvalue weighted by Crippen LogP contribution is 2.29. The Morgan fingerprint density at radius 3 is 2.52 bits per heavy atom. The Morgan fingerprint density at radius 2 is 1.85 bits per heavy atom. The Labute approximate surface area is 158 Å². The fourth-order valence-corrected chi connectivity index (χ4v) is 3.59. The molecule has 2 heterocycles. The summed E-state index contributed by atoms with van der Waals surface area (Å²) in [5.41, 5.74) is 4.41. The van der Waals surface area contributed by atoms with E-state index in [2.05, 4.69) is 9.89 Å². The number of amides is 1. The van der Waals surface area contributed by atoms with Gasteiger partial charge in [0.2, 0.25) is 0 Å². The van der Waals surface area contributed by atoms with Gasteiger partial charge in [0.05, 0.1) is 19.4 Å². The average molecular weight is 365 g/mol. The molecule has 0 saturated carbocycles. The average Bonchev–Trinajstić information content (AvgIpc) is 3.16. The molecule has 0 unspecified atom stereocenters. The summed E-state index contributed by atoms with van der Waals surface area (Å²) >= 11 is 0. The van der Waals surface area contributed by atoms with Crippen LogP contribution >= 0.6 is 0 Å². The van der Waals surface area contributed by atoms with Crippen LogP contribution in [0.4, 0.5) is 11.4 Å². The van der Waals surface area contributed by atoms with Crippen molar-refractivity contribution < 1.29 is 14.6 Å². The van der Waals surface area contributed by atoms with Crippen molar-refractivity contribution in [2.45, 2.75) is 13.0 Å². The first-order valence-corrected chi connectivity index (χ1v) is 9.16. The van der Waals surface area contributed by atoms with Gasteiger partial charge in [-0.25, -0.2) is 4.99 Å². The molecule has 2 aliphatic heterocycles. The second kappa shape index (κ2) is 7.40. The first kappa shape index (κ1) is 17.5. The van der Waals surface area contributed by atoms with Crippen molar-refractivity contribution in [3.8, 4) is 5.75 Å². The van der Waals surface area contributed by atoms with Crippen LogP contribution in [0.5, 0.6) is 5.75 Å². The Bertz CT molecular complexity index is 869. The molecule has 0 bridgehead atoms. The number of ether oxygens (including phenoxy) is 1. The number of methoxy groups -OCH3 is 1. The summed E-state index contributed by atoms with van der Waals surface area (Å²) in [5.74, 6) is 0.863. The van der Waals surface area contributed by atoms with E-state index in [9.17, 15) is 9.90 Å². The van der Waals surface area contributed by atoms with Crippen LogP contribution in [0.1, 0.15) is 11.1 Å². The number of hydrogen-bond donors (Lipinski definition) is 1. The van der Waals surface area contributed by atoms with Crippen LogP contribution in [-0.4, -0.2) is 54.9 Å². The van der Waals surface area contributed by atoms with Crippen molar-refractivity contribution in [2.24, 2.45) is 4.99 Å². The highest BCUT2D eigenvalue weighted by molar-refractivity contribution is 6.40. The van der Waals surface area contributed by atoms with E-state index in [4.69, 9.17) is 4.74 Å². The maximum atomic E-state index is 12.9. The molecule has 6 nitrogen and oxygen atoms in total. The molecule has 2 aliphatic rings. The smallest absolute Gasteiger partial charge is 0.268 e. The van der Waals surface area contributed by atoms with E-state index >= 15 is 0 Å². The fourth-order valence-electron chi connectivity index (χ4n) is 3.59. The summed E-state index contributed by atoms with van der Waals surface area (Å²) in [6, 6.07) is 13.7. The predicted octanol–water partition coefficient (Wildman–Crippen LogP) is 2.16. The van der Waals surface area contributed by atoms with Gasteiger partial charge in [-0.15, -0.1) is 0 Å². The van der Waals surface area contributed by atoms with E-state index in [0.29, 0.717) is 25.2 Å². The lowest BCUT2D eigenvalue weighted by molar-refractivity contribution is -0.124. The molecule has 27 heavy (non-hydrogen) atoms. The third-order valence-electron chi connectivity index (χ3n) is 5.20. The molecule has 1 fully saturated rings. The molecule has 6 heteroatoms. The summed E-state index contributed by atoms with van der Waals surface area (Å²) in [7, 11) is 1.66. The minimum atomic E-state index is -0.0145. The zero-order valence-electron chi connectivity index (χ0n) is 15.4. The van der Waals surface area contributed by atoms with Crippen LogP contribution in [0.25, 0.3) is 0 Å². The van der Waals surface area contributed by atoms with Gasteiger partial charge in [0, 0.05) is 38.3 Å². The number of nitrogens with zero attached hydrogens (tertiary/aromatic N) is 3. The molecule has 1 N–H and O–H groups in total. The number of rotatable bonds is 4. The molecular formula is C21H23N3O3. The van der Waals surface area contributed by atoms with Crippen molar-refractivity contribution in [3.63, 3.8) is 0 Å². The Hall–Kier alpha value is -2.86. The third kappa shape index (κ3) is 3.53. The van der Waals surface area contributed by atoms with Gasteiger partial charge in [0.15, 0.2) is 0 Å². The molecule has 0 radical (unpaired) electrons. The van der Waals surface area contributed by atoms with Gasteiger partial charge in [-0.3, -0.25) is 4.79 Å². The molecular weight excluding hydrogens is 342 g/mol. The summed E-state index contributed by atoms with van der Waals surface area (Å²) in [6.07, 6.45) is 0.568. The van der Waals surface area contributed by atoms with E-state index in [1.54, 1.807) is 7.11 Å². The molecule has 1 saturated heterocycles. The summed E-state index contributed by atoms with van der Waals surface area (Å²) in [6.45, 7) is 2.95. The Morgan fingerprint density at radius 1 is 1.11 bits per heavy atom. The minimum absolute atomic E-state index is 0.0145. The number of aliphatic hydroxyl groups is 1. The van der Waals surface area contributed by atoms with Crippen LogP contribution in [0.2, 0.25) is 0 Å². The van der Waals surface area contributed by atoms with Crippen molar-refractivity contribution in [1.29, 1.82) is 0 Å². The van der Waals surface area contributed by atoms with Crippen LogP contribution < -0.4 is 9.64 Å². The number of hydrogen-bond acceptors (Lipinski definition) is 5. The first-order chi connectivity index (χ1) is 13.2. The zero-order valence-corrected chi connectivity index (χ0v) is 15.4.